The molecule has 2 aromatic heterocycles. The van der Waals surface area contributed by atoms with Crippen molar-refractivity contribution in [2.45, 2.75) is 18.4 Å². The summed E-state index contributed by atoms with van der Waals surface area (Å²) in [5.41, 5.74) is 1.71. The number of nitrogens with zero attached hydrogens (tertiary/aromatic N) is 4. The molecule has 2 aliphatic rings. The number of aromatic nitrogens is 2. The van der Waals surface area contributed by atoms with E-state index in [2.05, 4.69) is 56.9 Å². The van der Waals surface area contributed by atoms with E-state index in [1.54, 1.807) is 19.3 Å². The van der Waals surface area contributed by atoms with Gasteiger partial charge in [0, 0.05) is 48.8 Å². The minimum absolute atomic E-state index is 0.0905. The molecule has 0 spiro atoms. The van der Waals surface area contributed by atoms with Crippen molar-refractivity contribution in [3.05, 3.63) is 45.4 Å². The second-order valence-electron chi connectivity index (χ2n) is 7.99. The van der Waals surface area contributed by atoms with Crippen LogP contribution in [0.25, 0.3) is 0 Å². The van der Waals surface area contributed by atoms with Crippen LogP contribution < -0.4 is 15.8 Å². The molecule has 7 nitrogen and oxygen atoms in total. The highest BCUT2D eigenvalue weighted by Gasteiger charge is 2.41. The Bertz CT molecular complexity index is 916. The van der Waals surface area contributed by atoms with Gasteiger partial charge in [-0.1, -0.05) is 0 Å². The number of hydrogen-bond acceptors (Lipinski definition) is 6. The Labute approximate surface area is 174 Å². The molecule has 4 rings (SSSR count). The molecule has 0 saturated carbocycles. The number of halogens is 1. The lowest BCUT2D eigenvalue weighted by Gasteiger charge is -2.53. The highest BCUT2D eigenvalue weighted by molar-refractivity contribution is 9.10. The molecule has 4 heterocycles. The van der Waals surface area contributed by atoms with Crippen molar-refractivity contribution in [3.63, 3.8) is 0 Å². The van der Waals surface area contributed by atoms with E-state index in [-0.39, 0.29) is 11.0 Å². The van der Waals surface area contributed by atoms with Crippen LogP contribution in [0.2, 0.25) is 0 Å². The van der Waals surface area contributed by atoms with Gasteiger partial charge in [-0.15, -0.1) is 0 Å². The van der Waals surface area contributed by atoms with Crippen molar-refractivity contribution in [1.29, 1.82) is 0 Å². The molecule has 1 atom stereocenters. The zero-order valence-corrected chi connectivity index (χ0v) is 18.1. The summed E-state index contributed by atoms with van der Waals surface area (Å²) in [5, 5.41) is 3.12. The summed E-state index contributed by atoms with van der Waals surface area (Å²) in [6.07, 6.45) is 3.62. The first-order valence-corrected chi connectivity index (χ1v) is 10.3. The number of aryl methyl sites for hydroxylation is 1. The first kappa shape index (κ1) is 19.5. The van der Waals surface area contributed by atoms with Gasteiger partial charge in [-0.05, 0) is 41.1 Å². The fourth-order valence-corrected chi connectivity index (χ4v) is 4.48. The highest BCUT2D eigenvalue weighted by Crippen LogP contribution is 2.28. The topological polar surface area (TPSA) is 62.6 Å². The van der Waals surface area contributed by atoms with E-state index in [4.69, 9.17) is 4.74 Å². The molecule has 0 aliphatic carbocycles. The first-order chi connectivity index (χ1) is 13.4. The maximum Gasteiger partial charge on any atom is 0.274 e. The van der Waals surface area contributed by atoms with Crippen LogP contribution >= 0.6 is 15.9 Å². The molecule has 2 aromatic rings. The summed E-state index contributed by atoms with van der Waals surface area (Å²) in [6, 6.07) is 6.17. The summed E-state index contributed by atoms with van der Waals surface area (Å²) in [7, 11) is 4.01. The number of hydrogen-bond donors (Lipinski definition) is 1. The van der Waals surface area contributed by atoms with Crippen molar-refractivity contribution in [1.82, 2.24) is 14.5 Å². The van der Waals surface area contributed by atoms with Crippen LogP contribution in [0.3, 0.4) is 0 Å². The molecule has 2 fully saturated rings. The summed E-state index contributed by atoms with van der Waals surface area (Å²) in [4.78, 5) is 21.7. The lowest BCUT2D eigenvalue weighted by atomic mass is 9.73. The SMILES string of the molecule is BC1(N2CCN(c3ccc(Nc4cc(Br)cn(C)c4=O)nc3)[C@@H](C)C2)COC1. The van der Waals surface area contributed by atoms with Crippen LogP contribution in [-0.4, -0.2) is 66.6 Å². The van der Waals surface area contributed by atoms with E-state index in [1.165, 1.54) is 4.57 Å². The Morgan fingerprint density at radius 3 is 2.75 bits per heavy atom. The van der Waals surface area contributed by atoms with Gasteiger partial charge in [0.25, 0.3) is 5.56 Å². The summed E-state index contributed by atoms with van der Waals surface area (Å²) < 4.78 is 7.80. The summed E-state index contributed by atoms with van der Waals surface area (Å²) in [5.74, 6) is 0.657. The predicted molar refractivity (Wildman–Crippen MR) is 117 cm³/mol. The van der Waals surface area contributed by atoms with Crippen molar-refractivity contribution < 1.29 is 4.74 Å². The molecule has 148 valence electrons. The molecule has 9 heteroatoms. The van der Waals surface area contributed by atoms with Crippen molar-refractivity contribution >= 4 is 41.0 Å². The molecule has 0 unspecified atom stereocenters. The Morgan fingerprint density at radius 2 is 2.14 bits per heavy atom. The van der Waals surface area contributed by atoms with Crippen LogP contribution in [0, 0.1) is 0 Å². The molecule has 0 bridgehead atoms. The molecular formula is C19H25BBrN5O2. The minimum Gasteiger partial charge on any atom is -0.379 e. The zero-order chi connectivity index (χ0) is 19.9. The van der Waals surface area contributed by atoms with Gasteiger partial charge < -0.3 is 19.5 Å². The van der Waals surface area contributed by atoms with Crippen molar-refractivity contribution in [2.75, 3.05) is 43.1 Å². The van der Waals surface area contributed by atoms with E-state index >= 15 is 0 Å². The fourth-order valence-electron chi connectivity index (χ4n) is 3.94. The molecule has 2 aliphatic heterocycles. The maximum absolute atomic E-state index is 12.3. The average Bonchev–Trinajstić information content (AvgIpc) is 2.64. The van der Waals surface area contributed by atoms with Gasteiger partial charge in [0.1, 0.15) is 19.4 Å². The van der Waals surface area contributed by atoms with Gasteiger partial charge in [-0.3, -0.25) is 9.69 Å². The van der Waals surface area contributed by atoms with Gasteiger partial charge in [-0.25, -0.2) is 4.98 Å². The standard InChI is InChI=1S/C19H25BBrN5O2/c1-13-9-25(19(20)11-28-12-19)5-6-26(13)15-3-4-17(22-8-15)23-16-7-14(21)10-24(2)18(16)27/h3-4,7-8,10,13H,5-6,9,11-12,20H2,1-2H3,(H,22,23)/t13-/m0/s1. The van der Waals surface area contributed by atoms with Crippen LogP contribution in [-0.2, 0) is 11.8 Å². The Kier molecular flexibility index (Phi) is 5.24. The monoisotopic (exact) mass is 445 g/mol. The van der Waals surface area contributed by atoms with Gasteiger partial charge in [0.05, 0.1) is 25.1 Å². The summed E-state index contributed by atoms with van der Waals surface area (Å²) in [6.45, 7) is 6.93. The third-order valence-corrected chi connectivity index (χ3v) is 6.14. The Morgan fingerprint density at radius 1 is 1.36 bits per heavy atom. The molecule has 28 heavy (non-hydrogen) atoms. The van der Waals surface area contributed by atoms with E-state index in [0.717, 1.165) is 43.0 Å². The number of ether oxygens (including phenoxy) is 1. The lowest BCUT2D eigenvalue weighted by Crippen LogP contribution is -2.68. The van der Waals surface area contributed by atoms with Crippen LogP contribution in [0.5, 0.6) is 0 Å². The van der Waals surface area contributed by atoms with Crippen LogP contribution in [0.1, 0.15) is 6.92 Å². The van der Waals surface area contributed by atoms with Gasteiger partial charge in [0.2, 0.25) is 0 Å². The first-order valence-electron chi connectivity index (χ1n) is 9.54. The van der Waals surface area contributed by atoms with Crippen LogP contribution in [0.4, 0.5) is 17.2 Å². The maximum atomic E-state index is 12.3. The number of rotatable bonds is 4. The predicted octanol–water partition coefficient (Wildman–Crippen LogP) is 1.16. The van der Waals surface area contributed by atoms with E-state index in [0.29, 0.717) is 17.5 Å². The van der Waals surface area contributed by atoms with E-state index in [9.17, 15) is 4.79 Å². The number of pyridine rings is 2. The number of nitrogens with one attached hydrogen (secondary N) is 1. The molecule has 2 saturated heterocycles. The fraction of sp³-hybridized carbons (Fsp3) is 0.474. The third kappa shape index (κ3) is 3.70. The molecule has 0 aromatic carbocycles. The largest absolute Gasteiger partial charge is 0.379 e. The smallest absolute Gasteiger partial charge is 0.274 e. The van der Waals surface area contributed by atoms with E-state index < -0.39 is 0 Å². The molecule has 1 N–H and O–H groups in total. The minimum atomic E-state index is -0.0905. The van der Waals surface area contributed by atoms with Crippen molar-refractivity contribution in [2.24, 2.45) is 7.05 Å². The Balaban J connectivity index is 1.44. The zero-order valence-electron chi connectivity index (χ0n) is 16.5. The van der Waals surface area contributed by atoms with Crippen LogP contribution in [0.15, 0.2) is 39.9 Å². The molecular weight excluding hydrogens is 421 g/mol. The summed E-state index contributed by atoms with van der Waals surface area (Å²) >= 11 is 3.42. The second-order valence-corrected chi connectivity index (χ2v) is 8.91. The third-order valence-electron chi connectivity index (χ3n) is 5.71. The molecule has 0 radical (unpaired) electrons. The average molecular weight is 446 g/mol. The quantitative estimate of drug-likeness (QED) is 0.712. The number of anilines is 3. The van der Waals surface area contributed by atoms with Gasteiger partial charge in [-0.2, -0.15) is 0 Å². The van der Waals surface area contributed by atoms with Crippen molar-refractivity contribution in [3.8, 4) is 0 Å². The Hall–Kier alpha value is -1.84. The highest BCUT2D eigenvalue weighted by atomic mass is 79.9. The molecule has 0 amide bonds. The van der Waals surface area contributed by atoms with Gasteiger partial charge >= 0.3 is 0 Å². The number of piperazine rings is 1. The van der Waals surface area contributed by atoms with E-state index in [1.807, 2.05) is 12.3 Å². The normalized spacial score (nSPS) is 22.0. The second kappa shape index (κ2) is 7.53. The van der Waals surface area contributed by atoms with Gasteiger partial charge in [0.15, 0.2) is 0 Å². The lowest BCUT2D eigenvalue weighted by molar-refractivity contribution is -0.0963.